The number of piperazine rings is 2. The zero-order valence-corrected chi connectivity index (χ0v) is 20.2. The van der Waals surface area contributed by atoms with E-state index < -0.39 is 0 Å². The molecule has 34 heavy (non-hydrogen) atoms. The minimum Gasteiger partial charge on any atom is -0.366 e. The van der Waals surface area contributed by atoms with Crippen molar-refractivity contribution in [2.45, 2.75) is 0 Å². The quantitative estimate of drug-likeness (QED) is 0.589. The van der Waals surface area contributed by atoms with Crippen molar-refractivity contribution in [1.82, 2.24) is 9.80 Å². The van der Waals surface area contributed by atoms with Crippen LogP contribution in [0, 0.1) is 11.6 Å². The lowest BCUT2D eigenvalue weighted by Crippen LogP contribution is -2.49. The lowest BCUT2D eigenvalue weighted by molar-refractivity contribution is -0.128. The van der Waals surface area contributed by atoms with Gasteiger partial charge in [0.1, 0.15) is 11.6 Å². The monoisotopic (exact) mass is 512 g/mol. The summed E-state index contributed by atoms with van der Waals surface area (Å²) in [5, 5.41) is 0. The standard InChI is InChI=1S/C24H26F2N4O2.2ClH/c25-19-5-1-3-7-21(19)27-11-15-29(16-12-27)23(31)9-10-24(32)30-17-13-28(14-18-30)22-8-4-2-6-20(22)26;;/h1-10H,11-18H2;2*1H/b10-9+;;. The zero-order chi connectivity index (χ0) is 22.5. The van der Waals surface area contributed by atoms with Crippen molar-refractivity contribution >= 4 is 48.0 Å². The van der Waals surface area contributed by atoms with E-state index in [1.807, 2.05) is 9.80 Å². The highest BCUT2D eigenvalue weighted by Gasteiger charge is 2.23. The number of amides is 2. The molecule has 2 aliphatic rings. The van der Waals surface area contributed by atoms with Crippen molar-refractivity contribution in [3.63, 3.8) is 0 Å². The van der Waals surface area contributed by atoms with Gasteiger partial charge in [-0.3, -0.25) is 9.59 Å². The van der Waals surface area contributed by atoms with Crippen LogP contribution in [0.25, 0.3) is 0 Å². The van der Waals surface area contributed by atoms with Gasteiger partial charge in [-0.2, -0.15) is 0 Å². The van der Waals surface area contributed by atoms with E-state index in [1.54, 1.807) is 46.2 Å². The van der Waals surface area contributed by atoms with Gasteiger partial charge in [0, 0.05) is 64.5 Å². The van der Waals surface area contributed by atoms with E-state index in [0.29, 0.717) is 63.7 Å². The summed E-state index contributed by atoms with van der Waals surface area (Å²) in [5.41, 5.74) is 1.08. The number of carbonyl (C=O) groups is 2. The molecule has 0 aliphatic carbocycles. The molecular formula is C24H28Cl2F2N4O2. The number of para-hydroxylation sites is 2. The topological polar surface area (TPSA) is 47.1 Å². The van der Waals surface area contributed by atoms with Gasteiger partial charge in [0.15, 0.2) is 0 Å². The molecule has 2 amide bonds. The second kappa shape index (κ2) is 12.6. The van der Waals surface area contributed by atoms with Crippen molar-refractivity contribution in [2.75, 3.05) is 62.2 Å². The van der Waals surface area contributed by atoms with Crippen molar-refractivity contribution in [3.05, 3.63) is 72.3 Å². The smallest absolute Gasteiger partial charge is 0.246 e. The van der Waals surface area contributed by atoms with E-state index in [-0.39, 0.29) is 48.3 Å². The van der Waals surface area contributed by atoms with E-state index in [4.69, 9.17) is 0 Å². The molecule has 6 nitrogen and oxygen atoms in total. The Bertz CT molecular complexity index is 928. The number of nitrogens with zero attached hydrogens (tertiary/aromatic N) is 4. The Kier molecular flexibility index (Phi) is 10.1. The lowest BCUT2D eigenvalue weighted by Gasteiger charge is -2.36. The maximum atomic E-state index is 14.0. The molecule has 4 rings (SSSR count). The summed E-state index contributed by atoms with van der Waals surface area (Å²) in [7, 11) is 0. The molecule has 0 unspecified atom stereocenters. The van der Waals surface area contributed by atoms with Crippen LogP contribution in [0.5, 0.6) is 0 Å². The number of rotatable bonds is 4. The summed E-state index contributed by atoms with van der Waals surface area (Å²) >= 11 is 0. The van der Waals surface area contributed by atoms with E-state index >= 15 is 0 Å². The summed E-state index contributed by atoms with van der Waals surface area (Å²) in [6.07, 6.45) is 2.62. The molecule has 2 aliphatic heterocycles. The van der Waals surface area contributed by atoms with E-state index in [2.05, 4.69) is 0 Å². The maximum absolute atomic E-state index is 14.0. The fourth-order valence-corrected chi connectivity index (χ4v) is 4.11. The highest BCUT2D eigenvalue weighted by Crippen LogP contribution is 2.21. The average Bonchev–Trinajstić information content (AvgIpc) is 2.83. The van der Waals surface area contributed by atoms with Crippen molar-refractivity contribution in [1.29, 1.82) is 0 Å². The number of anilines is 2. The molecule has 2 aromatic carbocycles. The van der Waals surface area contributed by atoms with Gasteiger partial charge in [0.25, 0.3) is 0 Å². The zero-order valence-electron chi connectivity index (χ0n) is 18.6. The number of benzene rings is 2. The number of hydrogen-bond donors (Lipinski definition) is 0. The van der Waals surface area contributed by atoms with Gasteiger partial charge in [-0.25, -0.2) is 8.78 Å². The van der Waals surface area contributed by atoms with Crippen LogP contribution in [0.4, 0.5) is 20.2 Å². The molecule has 0 atom stereocenters. The first-order valence-electron chi connectivity index (χ1n) is 10.8. The molecule has 0 N–H and O–H groups in total. The van der Waals surface area contributed by atoms with E-state index in [9.17, 15) is 18.4 Å². The maximum Gasteiger partial charge on any atom is 0.246 e. The van der Waals surface area contributed by atoms with Gasteiger partial charge in [-0.05, 0) is 24.3 Å². The Balaban J connectivity index is 0.00000204. The average molecular weight is 513 g/mol. The summed E-state index contributed by atoms with van der Waals surface area (Å²) in [6.45, 7) is 4.00. The third-order valence-corrected chi connectivity index (χ3v) is 5.94. The SMILES string of the molecule is Cl.Cl.O=C(/C=C/C(=O)N1CCN(c2ccccc2F)CC1)N1CCN(c2ccccc2F)CC1. The molecule has 0 saturated carbocycles. The number of halogens is 4. The van der Waals surface area contributed by atoms with Crippen molar-refractivity contribution in [3.8, 4) is 0 Å². The summed E-state index contributed by atoms with van der Waals surface area (Å²) in [5.74, 6) is -0.992. The number of carbonyl (C=O) groups excluding carboxylic acids is 2. The van der Waals surface area contributed by atoms with Gasteiger partial charge in [0.2, 0.25) is 11.8 Å². The molecule has 2 heterocycles. The van der Waals surface area contributed by atoms with Gasteiger partial charge in [-0.15, -0.1) is 24.8 Å². The molecule has 0 spiro atoms. The van der Waals surface area contributed by atoms with Crippen LogP contribution < -0.4 is 9.80 Å². The van der Waals surface area contributed by atoms with Gasteiger partial charge >= 0.3 is 0 Å². The Morgan fingerprint density at radius 2 is 0.912 bits per heavy atom. The van der Waals surface area contributed by atoms with E-state index in [0.717, 1.165) is 0 Å². The van der Waals surface area contributed by atoms with Crippen molar-refractivity contribution < 1.29 is 18.4 Å². The minimum atomic E-state index is -0.270. The second-order valence-corrected chi connectivity index (χ2v) is 7.86. The third-order valence-electron chi connectivity index (χ3n) is 5.94. The summed E-state index contributed by atoms with van der Waals surface area (Å²) < 4.78 is 27.9. The first-order chi connectivity index (χ1) is 15.5. The molecule has 0 bridgehead atoms. The van der Waals surface area contributed by atoms with Crippen LogP contribution in [-0.2, 0) is 9.59 Å². The van der Waals surface area contributed by atoms with Crippen LogP contribution in [0.15, 0.2) is 60.7 Å². The molecule has 0 aromatic heterocycles. The molecule has 184 valence electrons. The fourth-order valence-electron chi connectivity index (χ4n) is 4.11. The molecule has 2 aromatic rings. The molecule has 2 saturated heterocycles. The predicted molar refractivity (Wildman–Crippen MR) is 134 cm³/mol. The fraction of sp³-hybridized carbons (Fsp3) is 0.333. The molecule has 0 radical (unpaired) electrons. The largest absolute Gasteiger partial charge is 0.366 e. The Morgan fingerprint density at radius 3 is 1.24 bits per heavy atom. The second-order valence-electron chi connectivity index (χ2n) is 7.86. The Hall–Kier alpha value is -2.84. The van der Waals surface area contributed by atoms with Gasteiger partial charge in [-0.1, -0.05) is 24.3 Å². The summed E-state index contributed by atoms with van der Waals surface area (Å²) in [4.78, 5) is 32.2. The van der Waals surface area contributed by atoms with Crippen LogP contribution in [-0.4, -0.2) is 74.0 Å². The van der Waals surface area contributed by atoms with Crippen molar-refractivity contribution in [2.24, 2.45) is 0 Å². The first-order valence-corrected chi connectivity index (χ1v) is 10.8. The van der Waals surface area contributed by atoms with Crippen LogP contribution in [0.3, 0.4) is 0 Å². The highest BCUT2D eigenvalue weighted by atomic mass is 35.5. The van der Waals surface area contributed by atoms with Crippen LogP contribution in [0.1, 0.15) is 0 Å². The normalized spacial score (nSPS) is 16.2. The van der Waals surface area contributed by atoms with Gasteiger partial charge in [0.05, 0.1) is 11.4 Å². The number of hydrogen-bond acceptors (Lipinski definition) is 4. The Morgan fingerprint density at radius 1 is 0.588 bits per heavy atom. The molecule has 2 fully saturated rings. The highest BCUT2D eigenvalue weighted by molar-refractivity contribution is 5.97. The van der Waals surface area contributed by atoms with Crippen LogP contribution in [0.2, 0.25) is 0 Å². The minimum absolute atomic E-state index is 0. The molecule has 10 heteroatoms. The van der Waals surface area contributed by atoms with Crippen LogP contribution >= 0.6 is 24.8 Å². The lowest BCUT2D eigenvalue weighted by atomic mass is 10.2. The predicted octanol–water partition coefficient (Wildman–Crippen LogP) is 3.36. The molecular weight excluding hydrogens is 485 g/mol. The van der Waals surface area contributed by atoms with E-state index in [1.165, 1.54) is 24.3 Å². The Labute approximate surface area is 210 Å². The first kappa shape index (κ1) is 27.4. The van der Waals surface area contributed by atoms with Gasteiger partial charge < -0.3 is 19.6 Å². The summed E-state index contributed by atoms with van der Waals surface area (Å²) in [6, 6.07) is 13.2. The third kappa shape index (κ3) is 6.39.